The number of aliphatic hydroxyl groups excluding tert-OH is 1. The van der Waals surface area contributed by atoms with Crippen LogP contribution in [0.5, 0.6) is 0 Å². The number of benzene rings is 2. The van der Waals surface area contributed by atoms with Crippen molar-refractivity contribution in [1.82, 2.24) is 20.6 Å². The van der Waals surface area contributed by atoms with Crippen LogP contribution >= 0.6 is 34.3 Å². The number of thiazole rings is 2. The SMILES string of the molecule is CC(O)CC[C@H](NC(=O)c1cnc(-c2ccc(Cl)cc2)s1)C(=O)N[C@@H](CCc1ccc(F)cc1)C(=O)c1nccs1. The molecule has 0 spiro atoms. The lowest BCUT2D eigenvalue weighted by Crippen LogP contribution is -2.51. The Labute approximate surface area is 249 Å². The molecule has 12 heteroatoms. The van der Waals surface area contributed by atoms with Gasteiger partial charge in [0.05, 0.1) is 18.3 Å². The number of nitrogens with one attached hydrogen (secondary N) is 2. The highest BCUT2D eigenvalue weighted by molar-refractivity contribution is 7.16. The van der Waals surface area contributed by atoms with Gasteiger partial charge in [0, 0.05) is 22.2 Å². The third-order valence-corrected chi connectivity index (χ3v) is 8.31. The number of ketones is 1. The quantitative estimate of drug-likeness (QED) is 0.175. The molecular weight excluding hydrogens is 587 g/mol. The number of hydrogen-bond donors (Lipinski definition) is 3. The van der Waals surface area contributed by atoms with Crippen LogP contribution in [-0.2, 0) is 11.2 Å². The van der Waals surface area contributed by atoms with E-state index >= 15 is 0 Å². The van der Waals surface area contributed by atoms with E-state index in [1.165, 1.54) is 35.9 Å². The summed E-state index contributed by atoms with van der Waals surface area (Å²) < 4.78 is 13.3. The summed E-state index contributed by atoms with van der Waals surface area (Å²) >= 11 is 8.29. The Morgan fingerprint density at radius 1 is 0.976 bits per heavy atom. The van der Waals surface area contributed by atoms with Gasteiger partial charge in [0.15, 0.2) is 5.01 Å². The van der Waals surface area contributed by atoms with E-state index in [0.29, 0.717) is 21.3 Å². The molecule has 0 saturated heterocycles. The minimum atomic E-state index is -1.02. The van der Waals surface area contributed by atoms with E-state index in [0.717, 1.165) is 22.5 Å². The summed E-state index contributed by atoms with van der Waals surface area (Å²) in [5.74, 6) is -1.78. The number of halogens is 2. The second-order valence-corrected chi connectivity index (χ2v) is 11.8. The Bertz CT molecular complexity index is 1460. The third-order valence-electron chi connectivity index (χ3n) is 6.23. The van der Waals surface area contributed by atoms with Crippen molar-refractivity contribution in [2.24, 2.45) is 0 Å². The molecule has 0 aliphatic carbocycles. The van der Waals surface area contributed by atoms with Crippen LogP contribution in [0.25, 0.3) is 10.6 Å². The molecule has 41 heavy (non-hydrogen) atoms. The van der Waals surface area contributed by atoms with Crippen LogP contribution in [0.1, 0.15) is 51.2 Å². The zero-order valence-corrected chi connectivity index (χ0v) is 24.4. The minimum Gasteiger partial charge on any atom is -0.393 e. The molecule has 2 amide bonds. The highest BCUT2D eigenvalue weighted by Crippen LogP contribution is 2.26. The van der Waals surface area contributed by atoms with E-state index in [1.807, 2.05) is 0 Å². The van der Waals surface area contributed by atoms with Crippen LogP contribution in [-0.4, -0.2) is 50.9 Å². The number of carbonyl (C=O) groups is 3. The molecule has 0 saturated carbocycles. The number of aromatic nitrogens is 2. The van der Waals surface area contributed by atoms with Crippen LogP contribution in [0, 0.1) is 5.82 Å². The maximum atomic E-state index is 13.5. The largest absolute Gasteiger partial charge is 0.393 e. The fourth-order valence-electron chi connectivity index (χ4n) is 4.01. The van der Waals surface area contributed by atoms with Crippen molar-refractivity contribution in [2.75, 3.05) is 0 Å². The van der Waals surface area contributed by atoms with Crippen molar-refractivity contribution in [3.8, 4) is 10.6 Å². The summed E-state index contributed by atoms with van der Waals surface area (Å²) in [7, 11) is 0. The molecule has 2 aromatic heterocycles. The Kier molecular flexibility index (Phi) is 10.7. The number of amides is 2. The maximum Gasteiger partial charge on any atom is 0.263 e. The van der Waals surface area contributed by atoms with Gasteiger partial charge in [-0.3, -0.25) is 14.4 Å². The molecule has 4 aromatic rings. The van der Waals surface area contributed by atoms with Crippen LogP contribution < -0.4 is 10.6 Å². The van der Waals surface area contributed by atoms with E-state index in [4.69, 9.17) is 11.6 Å². The van der Waals surface area contributed by atoms with E-state index < -0.39 is 30.0 Å². The number of Topliss-reactive ketones (excluding diaryl/α,β-unsaturated/α-hetero) is 1. The van der Waals surface area contributed by atoms with Crippen molar-refractivity contribution in [3.63, 3.8) is 0 Å². The number of carbonyl (C=O) groups excluding carboxylic acids is 3. The van der Waals surface area contributed by atoms with Gasteiger partial charge in [-0.15, -0.1) is 22.7 Å². The number of hydrogen-bond acceptors (Lipinski definition) is 8. The van der Waals surface area contributed by atoms with Crippen LogP contribution in [0.2, 0.25) is 5.02 Å². The van der Waals surface area contributed by atoms with Crippen molar-refractivity contribution >= 4 is 51.9 Å². The molecule has 0 aliphatic heterocycles. The van der Waals surface area contributed by atoms with E-state index in [9.17, 15) is 23.9 Å². The Morgan fingerprint density at radius 2 is 1.71 bits per heavy atom. The normalized spacial score (nSPS) is 13.3. The van der Waals surface area contributed by atoms with Crippen LogP contribution in [0.4, 0.5) is 4.39 Å². The lowest BCUT2D eigenvalue weighted by molar-refractivity contribution is -0.123. The van der Waals surface area contributed by atoms with Crippen LogP contribution in [0.3, 0.4) is 0 Å². The molecule has 8 nitrogen and oxygen atoms in total. The highest BCUT2D eigenvalue weighted by Gasteiger charge is 2.29. The minimum absolute atomic E-state index is 0.147. The molecule has 0 bridgehead atoms. The monoisotopic (exact) mass is 614 g/mol. The zero-order chi connectivity index (χ0) is 29.4. The molecule has 0 aliphatic rings. The average molecular weight is 615 g/mol. The van der Waals surface area contributed by atoms with Gasteiger partial charge in [0.25, 0.3) is 5.91 Å². The first-order valence-electron chi connectivity index (χ1n) is 12.9. The van der Waals surface area contributed by atoms with Gasteiger partial charge in [-0.2, -0.15) is 0 Å². The zero-order valence-electron chi connectivity index (χ0n) is 22.1. The summed E-state index contributed by atoms with van der Waals surface area (Å²) in [5, 5.41) is 18.5. The molecular formula is C29H28ClFN4O4S2. The van der Waals surface area contributed by atoms with Crippen molar-refractivity contribution in [1.29, 1.82) is 0 Å². The van der Waals surface area contributed by atoms with Gasteiger partial charge in [-0.05, 0) is 62.4 Å². The van der Waals surface area contributed by atoms with Crippen molar-refractivity contribution in [2.45, 2.75) is 50.8 Å². The molecule has 3 atom stereocenters. The number of aryl methyl sites for hydroxylation is 1. The van der Waals surface area contributed by atoms with Gasteiger partial charge in [-0.1, -0.05) is 35.9 Å². The molecule has 3 N–H and O–H groups in total. The van der Waals surface area contributed by atoms with Gasteiger partial charge >= 0.3 is 0 Å². The van der Waals surface area contributed by atoms with Gasteiger partial charge in [0.1, 0.15) is 21.7 Å². The van der Waals surface area contributed by atoms with Crippen molar-refractivity contribution < 1.29 is 23.9 Å². The molecule has 0 fully saturated rings. The van der Waals surface area contributed by atoms with E-state index in [1.54, 1.807) is 48.7 Å². The summed E-state index contributed by atoms with van der Waals surface area (Å²) in [4.78, 5) is 48.6. The maximum absolute atomic E-state index is 13.5. The number of aliphatic hydroxyl groups is 1. The summed E-state index contributed by atoms with van der Waals surface area (Å²) in [6.07, 6.45) is 3.29. The molecule has 0 radical (unpaired) electrons. The highest BCUT2D eigenvalue weighted by atomic mass is 35.5. The first-order chi connectivity index (χ1) is 19.7. The number of nitrogens with zero attached hydrogens (tertiary/aromatic N) is 2. The predicted molar refractivity (Wildman–Crippen MR) is 158 cm³/mol. The number of rotatable bonds is 13. The summed E-state index contributed by atoms with van der Waals surface area (Å²) in [5.41, 5.74) is 1.60. The standard InChI is InChI=1S/C29H28ClFN4O4S2/c1-17(36)2-12-23(35-27(39)24-16-33-28(41-24)19-6-8-20(30)9-7-19)26(38)34-22(25(37)29-32-14-15-40-29)13-5-18-3-10-21(31)11-4-18/h3-4,6-11,14-17,22-23,36H,2,5,12-13H2,1H3,(H,34,38)(H,35,39)/t17?,22-,23-/m0/s1. The fraction of sp³-hybridized carbons (Fsp3) is 0.276. The Morgan fingerprint density at radius 3 is 2.37 bits per heavy atom. The second kappa shape index (κ2) is 14.4. The lowest BCUT2D eigenvalue weighted by Gasteiger charge is -2.23. The lowest BCUT2D eigenvalue weighted by atomic mass is 10.0. The average Bonchev–Trinajstić information content (AvgIpc) is 3.67. The topological polar surface area (TPSA) is 121 Å². The Balaban J connectivity index is 1.49. The molecule has 4 rings (SSSR count). The van der Waals surface area contributed by atoms with E-state index in [2.05, 4.69) is 20.6 Å². The van der Waals surface area contributed by atoms with Gasteiger partial charge in [-0.25, -0.2) is 14.4 Å². The van der Waals surface area contributed by atoms with E-state index in [-0.39, 0.29) is 35.9 Å². The molecule has 214 valence electrons. The van der Waals surface area contributed by atoms with Gasteiger partial charge in [0.2, 0.25) is 11.7 Å². The van der Waals surface area contributed by atoms with Gasteiger partial charge < -0.3 is 15.7 Å². The first kappa shape index (κ1) is 30.4. The molecule has 1 unspecified atom stereocenters. The third kappa shape index (κ3) is 8.74. The second-order valence-electron chi connectivity index (χ2n) is 9.42. The first-order valence-corrected chi connectivity index (χ1v) is 15.0. The van der Waals surface area contributed by atoms with Crippen molar-refractivity contribution in [3.05, 3.63) is 92.6 Å². The molecule has 2 heterocycles. The fourth-order valence-corrected chi connectivity index (χ4v) is 5.59. The Hall–Kier alpha value is -3.51. The predicted octanol–water partition coefficient (Wildman–Crippen LogP) is 5.32. The summed E-state index contributed by atoms with van der Waals surface area (Å²) in [6, 6.07) is 11.0. The summed E-state index contributed by atoms with van der Waals surface area (Å²) in [6.45, 7) is 1.59. The molecule has 2 aromatic carbocycles. The van der Waals surface area contributed by atoms with Crippen LogP contribution in [0.15, 0.2) is 66.3 Å². The smallest absolute Gasteiger partial charge is 0.263 e.